The van der Waals surface area contributed by atoms with Gasteiger partial charge in [0.25, 0.3) is 0 Å². The van der Waals surface area contributed by atoms with Crippen LogP contribution in [0.1, 0.15) is 37.0 Å². The van der Waals surface area contributed by atoms with Crippen LogP contribution in [0.5, 0.6) is 5.75 Å². The maximum atomic E-state index is 5.74. The molecule has 0 unspecified atom stereocenters. The number of benzene rings is 1. The average molecular weight is 250 g/mol. The summed E-state index contributed by atoms with van der Waals surface area (Å²) in [7, 11) is 0. The smallest absolute Gasteiger partial charge is 0.192 e. The molecule has 3 nitrogen and oxygen atoms in total. The first-order valence-corrected chi connectivity index (χ1v) is 6.60. The second-order valence-electron chi connectivity index (χ2n) is 4.85. The van der Waals surface area contributed by atoms with Gasteiger partial charge in [-0.15, -0.1) is 0 Å². The summed E-state index contributed by atoms with van der Waals surface area (Å²) in [6.45, 7) is 10.3. The zero-order valence-corrected chi connectivity index (χ0v) is 11.7. The normalized spacial score (nSPS) is 18.0. The fraction of sp³-hybridized carbons (Fsp3) is 0.600. The Balaban J connectivity index is 2.31. The van der Waals surface area contributed by atoms with E-state index in [4.69, 9.17) is 14.2 Å². The summed E-state index contributed by atoms with van der Waals surface area (Å²) >= 11 is 0. The van der Waals surface area contributed by atoms with Gasteiger partial charge in [0, 0.05) is 5.56 Å². The van der Waals surface area contributed by atoms with Crippen molar-refractivity contribution < 1.29 is 14.2 Å². The van der Waals surface area contributed by atoms with E-state index >= 15 is 0 Å². The minimum Gasteiger partial charge on any atom is -0.493 e. The largest absolute Gasteiger partial charge is 0.493 e. The molecule has 1 aliphatic heterocycles. The van der Waals surface area contributed by atoms with Crippen LogP contribution in [0.15, 0.2) is 12.1 Å². The molecule has 0 aliphatic carbocycles. The van der Waals surface area contributed by atoms with Gasteiger partial charge >= 0.3 is 0 Å². The fourth-order valence-electron chi connectivity index (χ4n) is 2.33. The molecule has 1 aliphatic rings. The van der Waals surface area contributed by atoms with Crippen molar-refractivity contribution in [3.8, 4) is 5.75 Å². The van der Waals surface area contributed by atoms with E-state index in [0.717, 1.165) is 24.3 Å². The Bertz CT molecular complexity index is 420. The van der Waals surface area contributed by atoms with Gasteiger partial charge in [0.1, 0.15) is 5.75 Å². The molecule has 0 spiro atoms. The van der Waals surface area contributed by atoms with Crippen LogP contribution in [0, 0.1) is 13.8 Å². The Morgan fingerprint density at radius 1 is 1.17 bits per heavy atom. The lowest BCUT2D eigenvalue weighted by Gasteiger charge is -2.26. The fourth-order valence-corrected chi connectivity index (χ4v) is 2.33. The van der Waals surface area contributed by atoms with Crippen molar-refractivity contribution in [2.45, 2.75) is 39.9 Å². The van der Waals surface area contributed by atoms with E-state index in [2.05, 4.69) is 26.8 Å². The van der Waals surface area contributed by atoms with Crippen molar-refractivity contribution in [2.24, 2.45) is 0 Å². The van der Waals surface area contributed by atoms with Crippen molar-refractivity contribution in [3.05, 3.63) is 28.8 Å². The third-order valence-corrected chi connectivity index (χ3v) is 3.53. The number of ether oxygens (including phenoxy) is 3. The first kappa shape index (κ1) is 13.4. The van der Waals surface area contributed by atoms with Gasteiger partial charge in [-0.2, -0.15) is 0 Å². The van der Waals surface area contributed by atoms with Crippen molar-refractivity contribution in [3.63, 3.8) is 0 Å². The zero-order valence-electron chi connectivity index (χ0n) is 11.7. The summed E-state index contributed by atoms with van der Waals surface area (Å²) in [5.74, 6) is 0.359. The molecule has 1 heterocycles. The van der Waals surface area contributed by atoms with Gasteiger partial charge in [0.05, 0.1) is 19.8 Å². The van der Waals surface area contributed by atoms with Crippen LogP contribution in [0.4, 0.5) is 0 Å². The number of rotatable bonds is 4. The third kappa shape index (κ3) is 2.38. The molecular formula is C15H22O3. The van der Waals surface area contributed by atoms with E-state index in [0.29, 0.717) is 13.2 Å². The molecule has 0 N–H and O–H groups in total. The molecule has 100 valence electrons. The first-order chi connectivity index (χ1) is 8.58. The van der Waals surface area contributed by atoms with E-state index in [1.165, 1.54) is 11.1 Å². The van der Waals surface area contributed by atoms with Crippen LogP contribution < -0.4 is 4.74 Å². The molecule has 0 bridgehead atoms. The van der Waals surface area contributed by atoms with E-state index in [1.807, 2.05) is 13.0 Å². The van der Waals surface area contributed by atoms with Gasteiger partial charge in [0.15, 0.2) is 5.79 Å². The summed E-state index contributed by atoms with van der Waals surface area (Å²) < 4.78 is 17.2. The minimum atomic E-state index is -0.599. The Morgan fingerprint density at radius 2 is 1.83 bits per heavy atom. The maximum Gasteiger partial charge on any atom is 0.192 e. The lowest BCUT2D eigenvalue weighted by Crippen LogP contribution is -2.24. The molecule has 0 radical (unpaired) electrons. The van der Waals surface area contributed by atoms with Crippen LogP contribution in [-0.2, 0) is 15.3 Å². The average Bonchev–Trinajstić information content (AvgIpc) is 2.79. The number of hydrogen-bond acceptors (Lipinski definition) is 3. The SMILES string of the molecule is CCCOc1ccc(C2(C)OCCO2)c(C)c1C. The molecule has 1 saturated heterocycles. The van der Waals surface area contributed by atoms with Crippen LogP contribution in [-0.4, -0.2) is 19.8 Å². The molecule has 0 atom stereocenters. The van der Waals surface area contributed by atoms with Crippen molar-refractivity contribution in [2.75, 3.05) is 19.8 Å². The summed E-state index contributed by atoms with van der Waals surface area (Å²) in [5, 5.41) is 0. The van der Waals surface area contributed by atoms with Gasteiger partial charge in [-0.25, -0.2) is 0 Å². The van der Waals surface area contributed by atoms with Gasteiger partial charge < -0.3 is 14.2 Å². The molecule has 0 aromatic heterocycles. The molecule has 18 heavy (non-hydrogen) atoms. The zero-order chi connectivity index (χ0) is 13.2. The molecule has 0 saturated carbocycles. The monoisotopic (exact) mass is 250 g/mol. The van der Waals surface area contributed by atoms with Gasteiger partial charge in [0.2, 0.25) is 0 Å². The third-order valence-electron chi connectivity index (χ3n) is 3.53. The standard InChI is InChI=1S/C15H22O3/c1-5-8-16-14-7-6-13(11(2)12(14)3)15(4)17-9-10-18-15/h6-7H,5,8-10H2,1-4H3. The van der Waals surface area contributed by atoms with Gasteiger partial charge in [-0.3, -0.25) is 0 Å². The van der Waals surface area contributed by atoms with Crippen molar-refractivity contribution in [1.29, 1.82) is 0 Å². The number of hydrogen-bond donors (Lipinski definition) is 0. The highest BCUT2D eigenvalue weighted by molar-refractivity contribution is 5.45. The van der Waals surface area contributed by atoms with Gasteiger partial charge in [-0.05, 0) is 50.5 Å². The highest BCUT2D eigenvalue weighted by Gasteiger charge is 2.35. The topological polar surface area (TPSA) is 27.7 Å². The summed E-state index contributed by atoms with van der Waals surface area (Å²) in [6, 6.07) is 4.07. The predicted octanol–water partition coefficient (Wildman–Crippen LogP) is 3.31. The van der Waals surface area contributed by atoms with Crippen molar-refractivity contribution in [1.82, 2.24) is 0 Å². The molecule has 1 fully saturated rings. The second-order valence-corrected chi connectivity index (χ2v) is 4.85. The minimum absolute atomic E-state index is 0.599. The van der Waals surface area contributed by atoms with Crippen LogP contribution in [0.2, 0.25) is 0 Å². The Morgan fingerprint density at radius 3 is 2.44 bits per heavy atom. The van der Waals surface area contributed by atoms with Crippen LogP contribution in [0.3, 0.4) is 0 Å². The Labute approximate surface area is 109 Å². The Hall–Kier alpha value is -1.06. The first-order valence-electron chi connectivity index (χ1n) is 6.60. The summed E-state index contributed by atoms with van der Waals surface area (Å²) in [6.07, 6.45) is 1.02. The van der Waals surface area contributed by atoms with Crippen LogP contribution >= 0.6 is 0 Å². The summed E-state index contributed by atoms with van der Waals surface area (Å²) in [4.78, 5) is 0. The molecule has 0 amide bonds. The lowest BCUT2D eigenvalue weighted by molar-refractivity contribution is -0.150. The van der Waals surface area contributed by atoms with E-state index in [9.17, 15) is 0 Å². The van der Waals surface area contributed by atoms with E-state index in [-0.39, 0.29) is 0 Å². The second kappa shape index (κ2) is 5.29. The Kier molecular flexibility index (Phi) is 3.93. The molecule has 3 heteroatoms. The highest BCUT2D eigenvalue weighted by atomic mass is 16.7. The molecule has 2 rings (SSSR count). The lowest BCUT2D eigenvalue weighted by atomic mass is 9.97. The van der Waals surface area contributed by atoms with Crippen molar-refractivity contribution >= 4 is 0 Å². The predicted molar refractivity (Wildman–Crippen MR) is 71.0 cm³/mol. The molecule has 1 aromatic carbocycles. The maximum absolute atomic E-state index is 5.74. The van der Waals surface area contributed by atoms with Gasteiger partial charge in [-0.1, -0.05) is 6.92 Å². The highest BCUT2D eigenvalue weighted by Crippen LogP contribution is 2.36. The van der Waals surface area contributed by atoms with E-state index < -0.39 is 5.79 Å². The van der Waals surface area contributed by atoms with E-state index in [1.54, 1.807) is 0 Å². The summed E-state index contributed by atoms with van der Waals surface area (Å²) in [5.41, 5.74) is 3.45. The molecule has 1 aromatic rings. The quantitative estimate of drug-likeness (QED) is 0.820. The van der Waals surface area contributed by atoms with Crippen LogP contribution in [0.25, 0.3) is 0 Å². The molecular weight excluding hydrogens is 228 g/mol.